The van der Waals surface area contributed by atoms with E-state index in [2.05, 4.69) is 57.9 Å². The minimum Gasteiger partial charge on any atom is -1.00 e. The molecular weight excluding hydrogens is 398 g/mol. The fraction of sp³-hybridized carbons (Fsp3) is 0.724. The largest absolute Gasteiger partial charge is 1.00 e. The molecule has 31 heavy (non-hydrogen) atoms. The molecule has 180 valence electrons. The van der Waals surface area contributed by atoms with Crippen LogP contribution in [0.1, 0.15) is 122 Å². The van der Waals surface area contributed by atoms with E-state index in [-0.39, 0.29) is 12.4 Å². The molecule has 1 aromatic carbocycles. The van der Waals surface area contributed by atoms with Crippen LogP contribution in [0.25, 0.3) is 0 Å². The van der Waals surface area contributed by atoms with Gasteiger partial charge in [0.2, 0.25) is 0 Å². The molecule has 0 radical (unpaired) electrons. The normalized spacial score (nSPS) is 11.3. The highest BCUT2D eigenvalue weighted by Crippen LogP contribution is 2.21. The molecule has 1 rings (SSSR count). The summed E-state index contributed by atoms with van der Waals surface area (Å²) in [5.74, 6) is 0. The first-order valence-electron chi connectivity index (χ1n) is 13.1. The number of hydrogen-bond donors (Lipinski definition) is 0. The summed E-state index contributed by atoms with van der Waals surface area (Å²) in [7, 11) is 4.59. The van der Waals surface area contributed by atoms with Crippen molar-refractivity contribution in [1.82, 2.24) is 0 Å². The van der Waals surface area contributed by atoms with Gasteiger partial charge in [-0.2, -0.15) is 0 Å². The van der Waals surface area contributed by atoms with E-state index >= 15 is 0 Å². The van der Waals surface area contributed by atoms with Gasteiger partial charge in [0, 0.05) is 12.0 Å². The molecule has 0 spiro atoms. The zero-order valence-electron chi connectivity index (χ0n) is 21.1. The van der Waals surface area contributed by atoms with E-state index in [1.54, 1.807) is 0 Å². The molecule has 0 fully saturated rings. The Kier molecular flexibility index (Phi) is 19.4. The molecule has 0 saturated carbocycles. The van der Waals surface area contributed by atoms with Crippen LogP contribution in [0.15, 0.2) is 42.6 Å². The molecule has 0 saturated heterocycles. The lowest BCUT2D eigenvalue weighted by Crippen LogP contribution is -3.00. The Morgan fingerprint density at radius 2 is 1.03 bits per heavy atom. The van der Waals surface area contributed by atoms with E-state index in [9.17, 15) is 0 Å². The van der Waals surface area contributed by atoms with Crippen molar-refractivity contribution >= 4 is 0 Å². The molecule has 2 heteroatoms. The van der Waals surface area contributed by atoms with Crippen LogP contribution in [-0.2, 0) is 6.54 Å². The standard InChI is InChI=1S/C29H52N.ClH/c1-5-6-7-8-9-10-11-12-13-14-15-16-17-18-19-21-24-28(2)30(3,4)27-29-25-22-20-23-26-29;/h20,22-23,25-26H,2,5-19,21,24,27H2,1,3-4H3;1H/q+1;/p-1. The SMILES string of the molecule is C=C(CCCCCCCCCCCCCCCCCC)[N+](C)(C)Cc1ccccc1.[Cl-]. The summed E-state index contributed by atoms with van der Waals surface area (Å²) in [6, 6.07) is 10.8. The average Bonchev–Trinajstić information content (AvgIpc) is 2.73. The fourth-order valence-corrected chi connectivity index (χ4v) is 4.33. The van der Waals surface area contributed by atoms with Crippen molar-refractivity contribution in [2.45, 2.75) is 123 Å². The van der Waals surface area contributed by atoms with E-state index in [1.165, 1.54) is 114 Å². The zero-order valence-corrected chi connectivity index (χ0v) is 21.9. The Labute approximate surface area is 201 Å². The predicted molar refractivity (Wildman–Crippen MR) is 136 cm³/mol. The second-order valence-electron chi connectivity index (χ2n) is 9.95. The van der Waals surface area contributed by atoms with E-state index in [0.29, 0.717) is 0 Å². The summed E-state index contributed by atoms with van der Waals surface area (Å²) in [4.78, 5) is 0. The highest BCUT2D eigenvalue weighted by atomic mass is 35.5. The highest BCUT2D eigenvalue weighted by molar-refractivity contribution is 5.13. The molecule has 0 aliphatic heterocycles. The van der Waals surface area contributed by atoms with Crippen molar-refractivity contribution in [2.24, 2.45) is 0 Å². The van der Waals surface area contributed by atoms with Crippen molar-refractivity contribution in [3.63, 3.8) is 0 Å². The summed E-state index contributed by atoms with van der Waals surface area (Å²) < 4.78 is 0.906. The van der Waals surface area contributed by atoms with Gasteiger partial charge < -0.3 is 12.4 Å². The zero-order chi connectivity index (χ0) is 21.9. The van der Waals surface area contributed by atoms with Gasteiger partial charge in [0.15, 0.2) is 0 Å². The average molecular weight is 450 g/mol. The van der Waals surface area contributed by atoms with Crippen LogP contribution in [0.3, 0.4) is 0 Å². The van der Waals surface area contributed by atoms with E-state index in [1.807, 2.05) is 0 Å². The number of unbranched alkanes of at least 4 members (excludes halogenated alkanes) is 15. The first kappa shape index (κ1) is 30.2. The number of quaternary nitrogens is 1. The molecule has 0 aliphatic carbocycles. The molecule has 0 aromatic heterocycles. The number of allylic oxidation sites excluding steroid dienone is 1. The van der Waals surface area contributed by atoms with Gasteiger partial charge in [0.05, 0.1) is 14.1 Å². The number of nitrogens with zero attached hydrogens (tertiary/aromatic N) is 1. The van der Waals surface area contributed by atoms with E-state index < -0.39 is 0 Å². The number of halogens is 1. The summed E-state index contributed by atoms with van der Waals surface area (Å²) in [5.41, 5.74) is 2.76. The van der Waals surface area contributed by atoms with Crippen molar-refractivity contribution in [2.75, 3.05) is 14.1 Å². The third kappa shape index (κ3) is 16.5. The van der Waals surface area contributed by atoms with Crippen molar-refractivity contribution < 1.29 is 16.9 Å². The molecule has 0 unspecified atom stereocenters. The molecule has 1 nitrogen and oxygen atoms in total. The van der Waals surface area contributed by atoms with Crippen LogP contribution >= 0.6 is 0 Å². The minimum atomic E-state index is 0. The Hall–Kier alpha value is -0.790. The third-order valence-corrected chi connectivity index (χ3v) is 6.60. The van der Waals surface area contributed by atoms with Gasteiger partial charge in [-0.15, -0.1) is 0 Å². The van der Waals surface area contributed by atoms with Crippen LogP contribution < -0.4 is 12.4 Å². The summed E-state index contributed by atoms with van der Waals surface area (Å²) >= 11 is 0. The van der Waals surface area contributed by atoms with Crippen molar-refractivity contribution in [3.8, 4) is 0 Å². The van der Waals surface area contributed by atoms with Gasteiger partial charge in [-0.3, -0.25) is 4.48 Å². The number of rotatable bonds is 20. The molecule has 0 atom stereocenters. The Bertz CT molecular complexity index is 523. The maximum absolute atomic E-state index is 4.40. The van der Waals surface area contributed by atoms with Crippen LogP contribution in [0, 0.1) is 0 Å². The first-order chi connectivity index (χ1) is 14.6. The molecule has 0 heterocycles. The lowest BCUT2D eigenvalue weighted by atomic mass is 10.0. The van der Waals surface area contributed by atoms with Gasteiger partial charge in [-0.25, -0.2) is 0 Å². The fourth-order valence-electron chi connectivity index (χ4n) is 4.33. The van der Waals surface area contributed by atoms with Gasteiger partial charge >= 0.3 is 0 Å². The smallest absolute Gasteiger partial charge is 0.108 e. The Morgan fingerprint density at radius 3 is 1.45 bits per heavy atom. The molecule has 0 aliphatic rings. The van der Waals surface area contributed by atoms with Crippen LogP contribution in [-0.4, -0.2) is 18.6 Å². The number of benzene rings is 1. The van der Waals surface area contributed by atoms with Gasteiger partial charge in [-0.1, -0.05) is 134 Å². The maximum atomic E-state index is 4.40. The van der Waals surface area contributed by atoms with Crippen LogP contribution in [0.4, 0.5) is 0 Å². The van der Waals surface area contributed by atoms with Crippen LogP contribution in [0.5, 0.6) is 0 Å². The highest BCUT2D eigenvalue weighted by Gasteiger charge is 2.20. The maximum Gasteiger partial charge on any atom is 0.108 e. The second kappa shape index (κ2) is 19.9. The van der Waals surface area contributed by atoms with Crippen molar-refractivity contribution in [1.29, 1.82) is 0 Å². The second-order valence-corrected chi connectivity index (χ2v) is 9.95. The van der Waals surface area contributed by atoms with Gasteiger partial charge in [-0.05, 0) is 13.0 Å². The summed E-state index contributed by atoms with van der Waals surface area (Å²) in [6.45, 7) is 7.74. The lowest BCUT2D eigenvalue weighted by molar-refractivity contribution is -0.867. The summed E-state index contributed by atoms with van der Waals surface area (Å²) in [6.07, 6.45) is 24.0. The topological polar surface area (TPSA) is 0 Å². The predicted octanol–water partition coefficient (Wildman–Crippen LogP) is 6.43. The molecule has 0 N–H and O–H groups in total. The minimum absolute atomic E-state index is 0. The Morgan fingerprint density at radius 1 is 0.645 bits per heavy atom. The monoisotopic (exact) mass is 449 g/mol. The number of hydrogen-bond acceptors (Lipinski definition) is 0. The summed E-state index contributed by atoms with van der Waals surface area (Å²) in [5, 5.41) is 0. The molecule has 0 amide bonds. The van der Waals surface area contributed by atoms with Gasteiger partial charge in [0.25, 0.3) is 0 Å². The lowest BCUT2D eigenvalue weighted by Gasteiger charge is -2.31. The van der Waals surface area contributed by atoms with E-state index in [0.717, 1.165) is 17.4 Å². The quantitative estimate of drug-likeness (QED) is 0.159. The molecule has 0 bridgehead atoms. The van der Waals surface area contributed by atoms with Crippen molar-refractivity contribution in [3.05, 3.63) is 48.2 Å². The molecular formula is C29H52ClN. The first-order valence-corrected chi connectivity index (χ1v) is 13.1. The van der Waals surface area contributed by atoms with Gasteiger partial charge in [0.1, 0.15) is 12.2 Å². The Balaban J connectivity index is 0.00000900. The van der Waals surface area contributed by atoms with Crippen LogP contribution in [0.2, 0.25) is 0 Å². The third-order valence-electron chi connectivity index (χ3n) is 6.60. The molecule has 1 aromatic rings. The van der Waals surface area contributed by atoms with E-state index in [4.69, 9.17) is 0 Å².